The fraction of sp³-hybridized carbons (Fsp3) is 0.353. The van der Waals surface area contributed by atoms with Gasteiger partial charge in [-0.05, 0) is 12.1 Å². The smallest absolute Gasteiger partial charge is 0.341 e. The van der Waals surface area contributed by atoms with E-state index >= 15 is 0 Å². The summed E-state index contributed by atoms with van der Waals surface area (Å²) in [7, 11) is 6.63. The summed E-state index contributed by atoms with van der Waals surface area (Å²) in [6.07, 6.45) is 2.14. The highest BCUT2D eigenvalue weighted by Crippen LogP contribution is 2.27. The molecule has 2 heterocycles. The number of aromatic nitrogens is 1. The SMILES string of the molecule is CCc1oc(C(=O)N(C)c2cccnc2N(C)C)cc1C(=O)OC. The number of rotatable bonds is 5. The molecular formula is C17H21N3O4. The highest BCUT2D eigenvalue weighted by atomic mass is 16.5. The number of methoxy groups -OCH3 is 1. The Hall–Kier alpha value is -2.83. The van der Waals surface area contributed by atoms with Crippen LogP contribution in [0.1, 0.15) is 33.6 Å². The number of hydrogen-bond acceptors (Lipinski definition) is 6. The zero-order valence-corrected chi connectivity index (χ0v) is 14.5. The first kappa shape index (κ1) is 17.5. The van der Waals surface area contributed by atoms with Gasteiger partial charge in [0, 0.05) is 39.8 Å². The van der Waals surface area contributed by atoms with Gasteiger partial charge in [-0.25, -0.2) is 9.78 Å². The Labute approximate surface area is 140 Å². The summed E-state index contributed by atoms with van der Waals surface area (Å²) in [5.74, 6) is 0.286. The van der Waals surface area contributed by atoms with Crippen molar-refractivity contribution >= 4 is 23.4 Å². The van der Waals surface area contributed by atoms with Gasteiger partial charge in [0.05, 0.1) is 12.8 Å². The van der Waals surface area contributed by atoms with Crippen molar-refractivity contribution < 1.29 is 18.7 Å². The van der Waals surface area contributed by atoms with Gasteiger partial charge >= 0.3 is 5.97 Å². The molecule has 2 aromatic rings. The molecular weight excluding hydrogens is 310 g/mol. The topological polar surface area (TPSA) is 75.9 Å². The molecule has 2 rings (SSSR count). The van der Waals surface area contributed by atoms with E-state index in [4.69, 9.17) is 9.15 Å². The van der Waals surface area contributed by atoms with Gasteiger partial charge in [0.2, 0.25) is 0 Å². The zero-order chi connectivity index (χ0) is 17.9. The fourth-order valence-corrected chi connectivity index (χ4v) is 2.35. The fourth-order valence-electron chi connectivity index (χ4n) is 2.35. The summed E-state index contributed by atoms with van der Waals surface area (Å²) in [5.41, 5.74) is 0.914. The van der Waals surface area contributed by atoms with Crippen molar-refractivity contribution in [1.29, 1.82) is 0 Å². The van der Waals surface area contributed by atoms with E-state index in [0.29, 0.717) is 23.7 Å². The molecule has 7 nitrogen and oxygen atoms in total. The quantitative estimate of drug-likeness (QED) is 0.783. The Kier molecular flexibility index (Phi) is 5.23. The summed E-state index contributed by atoms with van der Waals surface area (Å²) >= 11 is 0. The number of pyridine rings is 1. The third-order valence-electron chi connectivity index (χ3n) is 3.60. The van der Waals surface area contributed by atoms with Crippen molar-refractivity contribution in [3.63, 3.8) is 0 Å². The van der Waals surface area contributed by atoms with Crippen molar-refractivity contribution in [2.45, 2.75) is 13.3 Å². The Morgan fingerprint density at radius 2 is 2.00 bits per heavy atom. The third kappa shape index (κ3) is 3.24. The van der Waals surface area contributed by atoms with Gasteiger partial charge in [0.1, 0.15) is 11.3 Å². The Balaban J connectivity index is 2.39. The van der Waals surface area contributed by atoms with Crippen LogP contribution in [0.4, 0.5) is 11.5 Å². The molecule has 0 radical (unpaired) electrons. The minimum Gasteiger partial charge on any atom is -0.465 e. The monoisotopic (exact) mass is 331 g/mol. The lowest BCUT2D eigenvalue weighted by molar-refractivity contribution is 0.0598. The van der Waals surface area contributed by atoms with Crippen LogP contribution in [0.15, 0.2) is 28.8 Å². The predicted octanol–water partition coefficient (Wildman–Crippen LogP) is 2.37. The summed E-state index contributed by atoms with van der Waals surface area (Å²) < 4.78 is 10.3. The first-order valence-electron chi connectivity index (χ1n) is 7.52. The van der Waals surface area contributed by atoms with Crippen molar-refractivity contribution in [2.24, 2.45) is 0 Å². The van der Waals surface area contributed by atoms with Crippen molar-refractivity contribution in [3.8, 4) is 0 Å². The van der Waals surface area contributed by atoms with E-state index < -0.39 is 5.97 Å². The lowest BCUT2D eigenvalue weighted by Crippen LogP contribution is -2.28. The van der Waals surface area contributed by atoms with Gasteiger partial charge in [-0.1, -0.05) is 6.92 Å². The second-order valence-corrected chi connectivity index (χ2v) is 5.40. The van der Waals surface area contributed by atoms with Gasteiger partial charge in [-0.2, -0.15) is 0 Å². The molecule has 0 saturated carbocycles. The zero-order valence-electron chi connectivity index (χ0n) is 14.5. The number of esters is 1. The van der Waals surface area contributed by atoms with Gasteiger partial charge in [0.25, 0.3) is 5.91 Å². The molecule has 1 amide bonds. The third-order valence-corrected chi connectivity index (χ3v) is 3.60. The van der Waals surface area contributed by atoms with Crippen LogP contribution in [0.25, 0.3) is 0 Å². The van der Waals surface area contributed by atoms with Gasteiger partial charge in [-0.15, -0.1) is 0 Å². The van der Waals surface area contributed by atoms with Crippen LogP contribution in [0.5, 0.6) is 0 Å². The van der Waals surface area contributed by atoms with Crippen LogP contribution in [0.3, 0.4) is 0 Å². The second-order valence-electron chi connectivity index (χ2n) is 5.40. The van der Waals surface area contributed by atoms with E-state index in [1.807, 2.05) is 25.9 Å². The summed E-state index contributed by atoms with van der Waals surface area (Å²) in [6, 6.07) is 4.98. The van der Waals surface area contributed by atoms with Crippen molar-refractivity contribution in [2.75, 3.05) is 38.1 Å². The number of furan rings is 1. The number of carbonyl (C=O) groups is 2. The molecule has 0 N–H and O–H groups in total. The number of aryl methyl sites for hydroxylation is 1. The van der Waals surface area contributed by atoms with E-state index in [0.717, 1.165) is 0 Å². The van der Waals surface area contributed by atoms with E-state index in [1.165, 1.54) is 18.1 Å². The molecule has 128 valence electrons. The maximum Gasteiger partial charge on any atom is 0.341 e. The number of ether oxygens (including phenoxy) is 1. The number of carbonyl (C=O) groups excluding carboxylic acids is 2. The first-order valence-corrected chi connectivity index (χ1v) is 7.52. The minimum atomic E-state index is -0.521. The summed E-state index contributed by atoms with van der Waals surface area (Å²) in [6.45, 7) is 1.84. The molecule has 0 atom stereocenters. The highest BCUT2D eigenvalue weighted by molar-refractivity contribution is 6.06. The maximum absolute atomic E-state index is 12.7. The van der Waals surface area contributed by atoms with Crippen LogP contribution >= 0.6 is 0 Å². The Bertz CT molecular complexity index is 752. The van der Waals surface area contributed by atoms with Crippen LogP contribution in [-0.2, 0) is 11.2 Å². The standard InChI is InChI=1S/C17H21N3O4/c1-6-13-11(17(22)23-5)10-14(24-13)16(21)20(4)12-8-7-9-18-15(12)19(2)3/h7-10H,6H2,1-5H3. The van der Waals surface area contributed by atoms with Crippen LogP contribution in [-0.4, -0.2) is 45.1 Å². The number of amides is 1. The van der Waals surface area contributed by atoms with E-state index in [9.17, 15) is 9.59 Å². The van der Waals surface area contributed by atoms with E-state index in [-0.39, 0.29) is 17.2 Å². The lowest BCUT2D eigenvalue weighted by Gasteiger charge is -2.22. The summed E-state index contributed by atoms with van der Waals surface area (Å²) in [4.78, 5) is 32.1. The highest BCUT2D eigenvalue weighted by Gasteiger charge is 2.25. The van der Waals surface area contributed by atoms with Crippen molar-refractivity contribution in [1.82, 2.24) is 4.98 Å². The minimum absolute atomic E-state index is 0.0864. The number of hydrogen-bond donors (Lipinski definition) is 0. The second kappa shape index (κ2) is 7.16. The first-order chi connectivity index (χ1) is 11.4. The molecule has 0 fully saturated rings. The largest absolute Gasteiger partial charge is 0.465 e. The van der Waals surface area contributed by atoms with Crippen molar-refractivity contribution in [3.05, 3.63) is 41.5 Å². The molecule has 0 aliphatic carbocycles. The van der Waals surface area contributed by atoms with Crippen LogP contribution in [0.2, 0.25) is 0 Å². The molecule has 2 aromatic heterocycles. The maximum atomic E-state index is 12.7. The summed E-state index contributed by atoms with van der Waals surface area (Å²) in [5, 5.41) is 0. The molecule has 7 heteroatoms. The molecule has 24 heavy (non-hydrogen) atoms. The molecule has 0 aromatic carbocycles. The Morgan fingerprint density at radius 1 is 1.29 bits per heavy atom. The molecule has 0 unspecified atom stereocenters. The average Bonchev–Trinajstić information content (AvgIpc) is 3.04. The number of anilines is 2. The van der Waals surface area contributed by atoms with E-state index in [1.54, 1.807) is 25.4 Å². The van der Waals surface area contributed by atoms with Gasteiger partial charge < -0.3 is 19.0 Å². The molecule has 0 spiro atoms. The molecule has 0 aliphatic heterocycles. The molecule has 0 aliphatic rings. The Morgan fingerprint density at radius 3 is 2.58 bits per heavy atom. The van der Waals surface area contributed by atoms with Gasteiger partial charge in [-0.3, -0.25) is 4.79 Å². The van der Waals surface area contributed by atoms with E-state index in [2.05, 4.69) is 4.98 Å². The average molecular weight is 331 g/mol. The normalized spacial score (nSPS) is 10.4. The van der Waals surface area contributed by atoms with Crippen LogP contribution in [0, 0.1) is 0 Å². The lowest BCUT2D eigenvalue weighted by atomic mass is 10.2. The number of nitrogens with zero attached hydrogens (tertiary/aromatic N) is 3. The van der Waals surface area contributed by atoms with Crippen LogP contribution < -0.4 is 9.80 Å². The predicted molar refractivity (Wildman–Crippen MR) is 90.7 cm³/mol. The molecule has 0 bridgehead atoms. The van der Waals surface area contributed by atoms with Gasteiger partial charge in [0.15, 0.2) is 11.6 Å². The molecule has 0 saturated heterocycles.